The van der Waals surface area contributed by atoms with Crippen molar-refractivity contribution in [3.63, 3.8) is 0 Å². The van der Waals surface area contributed by atoms with Crippen molar-refractivity contribution >= 4 is 22.7 Å². The Morgan fingerprint density at radius 2 is 2.04 bits per heavy atom. The van der Waals surface area contributed by atoms with Crippen LogP contribution in [-0.4, -0.2) is 18.0 Å². The maximum absolute atomic E-state index is 12.1. The molecule has 1 amide bonds. The second kappa shape index (κ2) is 6.16. The normalized spacial score (nSPS) is 10.8. The fraction of sp³-hybridized carbons (Fsp3) is 0.0526. The first-order valence-corrected chi connectivity index (χ1v) is 7.63. The van der Waals surface area contributed by atoms with Gasteiger partial charge in [-0.3, -0.25) is 4.79 Å². The summed E-state index contributed by atoms with van der Waals surface area (Å²) >= 11 is 0. The van der Waals surface area contributed by atoms with Crippen LogP contribution in [0.3, 0.4) is 0 Å². The lowest BCUT2D eigenvalue weighted by atomic mass is 10.2. The van der Waals surface area contributed by atoms with E-state index in [0.717, 1.165) is 5.56 Å². The minimum absolute atomic E-state index is 0.249. The van der Waals surface area contributed by atoms with Crippen LogP contribution in [0.5, 0.6) is 5.75 Å². The molecule has 0 aliphatic heterocycles. The van der Waals surface area contributed by atoms with Crippen LogP contribution in [0.15, 0.2) is 69.7 Å². The van der Waals surface area contributed by atoms with Gasteiger partial charge in [-0.15, -0.1) is 0 Å². The van der Waals surface area contributed by atoms with Gasteiger partial charge in [-0.1, -0.05) is 6.07 Å². The summed E-state index contributed by atoms with van der Waals surface area (Å²) in [6.07, 6.45) is 1.46. The van der Waals surface area contributed by atoms with Gasteiger partial charge in [0.1, 0.15) is 11.3 Å². The Labute approximate surface area is 143 Å². The number of hydrogen-bond donors (Lipinski definition) is 1. The highest BCUT2D eigenvalue weighted by Gasteiger charge is 2.12. The van der Waals surface area contributed by atoms with E-state index in [4.69, 9.17) is 13.6 Å². The molecule has 0 aliphatic rings. The topological polar surface area (TPSA) is 77.5 Å². The van der Waals surface area contributed by atoms with E-state index in [2.05, 4.69) is 10.3 Å². The Kier molecular flexibility index (Phi) is 3.70. The van der Waals surface area contributed by atoms with E-state index in [1.165, 1.54) is 6.26 Å². The van der Waals surface area contributed by atoms with Gasteiger partial charge in [0, 0.05) is 17.3 Å². The van der Waals surface area contributed by atoms with Crippen LogP contribution in [0.1, 0.15) is 10.6 Å². The highest BCUT2D eigenvalue weighted by Crippen LogP contribution is 2.28. The van der Waals surface area contributed by atoms with Crippen LogP contribution in [0.25, 0.3) is 22.6 Å². The molecule has 2 aromatic carbocycles. The van der Waals surface area contributed by atoms with Crippen molar-refractivity contribution in [1.82, 2.24) is 4.98 Å². The lowest BCUT2D eigenvalue weighted by Gasteiger charge is -2.04. The number of benzene rings is 2. The van der Waals surface area contributed by atoms with Gasteiger partial charge in [-0.25, -0.2) is 4.98 Å². The molecule has 0 bridgehead atoms. The van der Waals surface area contributed by atoms with E-state index in [0.29, 0.717) is 28.4 Å². The summed E-state index contributed by atoms with van der Waals surface area (Å²) in [6.45, 7) is 0. The number of rotatable bonds is 4. The van der Waals surface area contributed by atoms with Crippen molar-refractivity contribution < 1.29 is 18.4 Å². The molecular weight excluding hydrogens is 320 g/mol. The number of carbonyl (C=O) groups is 1. The molecule has 0 radical (unpaired) electrons. The molecule has 0 spiro atoms. The Morgan fingerprint density at radius 1 is 1.12 bits per heavy atom. The molecule has 0 unspecified atom stereocenters. The SMILES string of the molecule is COc1ccc2oc(-c3cccc(NC(=O)c4ccco4)c3)nc2c1. The summed E-state index contributed by atoms with van der Waals surface area (Å²) in [4.78, 5) is 16.6. The number of furan rings is 1. The first kappa shape index (κ1) is 15.0. The summed E-state index contributed by atoms with van der Waals surface area (Å²) in [6, 6.07) is 16.0. The summed E-state index contributed by atoms with van der Waals surface area (Å²) in [7, 11) is 1.60. The number of methoxy groups -OCH3 is 1. The van der Waals surface area contributed by atoms with E-state index in [1.54, 1.807) is 31.4 Å². The summed E-state index contributed by atoms with van der Waals surface area (Å²) in [5.41, 5.74) is 2.76. The van der Waals surface area contributed by atoms with Crippen LogP contribution < -0.4 is 10.1 Å². The Hall–Kier alpha value is -3.54. The smallest absolute Gasteiger partial charge is 0.291 e. The Morgan fingerprint density at radius 3 is 2.84 bits per heavy atom. The average molecular weight is 334 g/mol. The molecule has 0 atom stereocenters. The van der Waals surface area contributed by atoms with Crippen molar-refractivity contribution in [3.05, 3.63) is 66.6 Å². The molecule has 6 nitrogen and oxygen atoms in total. The third kappa shape index (κ3) is 2.97. The lowest BCUT2D eigenvalue weighted by molar-refractivity contribution is 0.0996. The third-order valence-corrected chi connectivity index (χ3v) is 3.71. The maximum Gasteiger partial charge on any atom is 0.291 e. The van der Waals surface area contributed by atoms with E-state index >= 15 is 0 Å². The van der Waals surface area contributed by atoms with Gasteiger partial charge in [-0.2, -0.15) is 0 Å². The van der Waals surface area contributed by atoms with E-state index in [1.807, 2.05) is 30.3 Å². The van der Waals surface area contributed by atoms with Gasteiger partial charge in [0.2, 0.25) is 5.89 Å². The van der Waals surface area contributed by atoms with Crippen LogP contribution in [0, 0.1) is 0 Å². The molecule has 4 aromatic rings. The standard InChI is InChI=1S/C19H14N2O4/c1-23-14-7-8-16-15(11-14)21-19(25-16)12-4-2-5-13(10-12)20-18(22)17-6-3-9-24-17/h2-11H,1H3,(H,20,22). The molecule has 0 aliphatic carbocycles. The van der Waals surface area contributed by atoms with Gasteiger partial charge >= 0.3 is 0 Å². The van der Waals surface area contributed by atoms with Gasteiger partial charge in [0.05, 0.1) is 13.4 Å². The van der Waals surface area contributed by atoms with Crippen molar-refractivity contribution in [2.45, 2.75) is 0 Å². The quantitative estimate of drug-likeness (QED) is 0.600. The van der Waals surface area contributed by atoms with Gasteiger partial charge in [0.25, 0.3) is 5.91 Å². The first-order chi connectivity index (χ1) is 12.2. The number of nitrogens with one attached hydrogen (secondary N) is 1. The minimum atomic E-state index is -0.315. The highest BCUT2D eigenvalue weighted by atomic mass is 16.5. The second-order valence-electron chi connectivity index (χ2n) is 5.36. The third-order valence-electron chi connectivity index (χ3n) is 3.71. The zero-order valence-electron chi connectivity index (χ0n) is 13.4. The predicted molar refractivity (Wildman–Crippen MR) is 92.7 cm³/mol. The molecule has 4 rings (SSSR count). The number of hydrogen-bond acceptors (Lipinski definition) is 5. The zero-order valence-corrected chi connectivity index (χ0v) is 13.4. The molecule has 124 valence electrons. The molecule has 2 heterocycles. The zero-order chi connectivity index (χ0) is 17.2. The van der Waals surface area contributed by atoms with E-state index in [9.17, 15) is 4.79 Å². The van der Waals surface area contributed by atoms with E-state index in [-0.39, 0.29) is 11.7 Å². The summed E-state index contributed by atoms with van der Waals surface area (Å²) < 4.78 is 16.1. The Balaban J connectivity index is 1.64. The Bertz CT molecular complexity index is 1030. The number of ether oxygens (including phenoxy) is 1. The monoisotopic (exact) mass is 334 g/mol. The number of amides is 1. The highest BCUT2D eigenvalue weighted by molar-refractivity contribution is 6.02. The number of oxazole rings is 1. The number of fused-ring (bicyclic) bond motifs is 1. The molecule has 6 heteroatoms. The molecule has 1 N–H and O–H groups in total. The van der Waals surface area contributed by atoms with Crippen LogP contribution in [-0.2, 0) is 0 Å². The van der Waals surface area contributed by atoms with Crippen molar-refractivity contribution in [1.29, 1.82) is 0 Å². The van der Waals surface area contributed by atoms with Crippen LogP contribution in [0.2, 0.25) is 0 Å². The summed E-state index contributed by atoms with van der Waals surface area (Å²) in [5, 5.41) is 2.78. The molecule has 0 fully saturated rings. The largest absolute Gasteiger partial charge is 0.497 e. The predicted octanol–water partition coefficient (Wildman–Crippen LogP) is 4.35. The number of aromatic nitrogens is 1. The van der Waals surface area contributed by atoms with Crippen LogP contribution >= 0.6 is 0 Å². The lowest BCUT2D eigenvalue weighted by Crippen LogP contribution is -2.10. The minimum Gasteiger partial charge on any atom is -0.497 e. The van der Waals surface area contributed by atoms with Gasteiger partial charge < -0.3 is 18.9 Å². The average Bonchev–Trinajstić information content (AvgIpc) is 3.31. The number of nitrogens with zero attached hydrogens (tertiary/aromatic N) is 1. The van der Waals surface area contributed by atoms with Crippen molar-refractivity contribution in [2.24, 2.45) is 0 Å². The second-order valence-corrected chi connectivity index (χ2v) is 5.36. The number of anilines is 1. The van der Waals surface area contributed by atoms with E-state index < -0.39 is 0 Å². The van der Waals surface area contributed by atoms with Crippen LogP contribution in [0.4, 0.5) is 5.69 Å². The molecular formula is C19H14N2O4. The molecule has 2 aromatic heterocycles. The molecule has 25 heavy (non-hydrogen) atoms. The first-order valence-electron chi connectivity index (χ1n) is 7.63. The number of carbonyl (C=O) groups excluding carboxylic acids is 1. The maximum atomic E-state index is 12.1. The van der Waals surface area contributed by atoms with Gasteiger partial charge in [0.15, 0.2) is 11.3 Å². The molecule has 0 saturated carbocycles. The summed E-state index contributed by atoms with van der Waals surface area (Å²) in [5.74, 6) is 1.12. The fourth-order valence-electron chi connectivity index (χ4n) is 2.49. The fourth-order valence-corrected chi connectivity index (χ4v) is 2.49. The molecule has 0 saturated heterocycles. The van der Waals surface area contributed by atoms with Crippen molar-refractivity contribution in [3.8, 4) is 17.2 Å². The van der Waals surface area contributed by atoms with Crippen molar-refractivity contribution in [2.75, 3.05) is 12.4 Å². The van der Waals surface area contributed by atoms with Gasteiger partial charge in [-0.05, 0) is 42.5 Å².